The highest BCUT2D eigenvalue weighted by molar-refractivity contribution is 6.30. The normalized spacial score (nSPS) is 18.1. The summed E-state index contributed by atoms with van der Waals surface area (Å²) in [4.78, 5) is 1.55. The van der Waals surface area contributed by atoms with Gasteiger partial charge in [0.1, 0.15) is 18.5 Å². The van der Waals surface area contributed by atoms with Crippen molar-refractivity contribution in [3.05, 3.63) is 34.6 Å². The Morgan fingerprint density at radius 3 is 2.48 bits per heavy atom. The smallest absolute Gasteiger partial charge is 0.289 e. The van der Waals surface area contributed by atoms with E-state index in [0.29, 0.717) is 26.2 Å². The highest BCUT2D eigenvalue weighted by atomic mass is 35.5. The molecule has 1 atom stereocenters. The molecule has 1 heterocycles. The molecule has 2 N–H and O–H groups in total. The van der Waals surface area contributed by atoms with E-state index in [1.165, 1.54) is 12.1 Å². The number of rotatable bonds is 4. The number of alkyl halides is 2. The quantitative estimate of drug-likeness (QED) is 0.880. The molecule has 1 aromatic rings. The van der Waals surface area contributed by atoms with Crippen LogP contribution in [0.15, 0.2) is 18.2 Å². The van der Waals surface area contributed by atoms with Crippen molar-refractivity contribution in [1.29, 1.82) is 0 Å². The maximum atomic E-state index is 14.1. The lowest BCUT2D eigenvalue weighted by Gasteiger charge is -2.38. The second-order valence-electron chi connectivity index (χ2n) is 4.78. The van der Waals surface area contributed by atoms with E-state index in [1.807, 2.05) is 0 Å². The minimum atomic E-state index is -3.35. The SMILES string of the molecule is Cl.OCC(F)(F)[C@H](c1ccc(Cl)c(F)c1)N1CCNCC1. The van der Waals surface area contributed by atoms with Crippen LogP contribution in [0.1, 0.15) is 11.6 Å². The molecular formula is C13H17Cl2F3N2O. The van der Waals surface area contributed by atoms with Crippen LogP contribution in [0.4, 0.5) is 13.2 Å². The van der Waals surface area contributed by atoms with Crippen LogP contribution >= 0.6 is 24.0 Å². The number of piperazine rings is 1. The highest BCUT2D eigenvalue weighted by Crippen LogP contribution is 2.37. The average molecular weight is 345 g/mol. The van der Waals surface area contributed by atoms with Crippen molar-refractivity contribution >= 4 is 24.0 Å². The van der Waals surface area contributed by atoms with Crippen LogP contribution in [0.3, 0.4) is 0 Å². The summed E-state index contributed by atoms with van der Waals surface area (Å²) in [6.45, 7) is 0.684. The molecule has 0 aliphatic carbocycles. The van der Waals surface area contributed by atoms with Crippen LogP contribution in [-0.2, 0) is 0 Å². The number of nitrogens with one attached hydrogen (secondary N) is 1. The molecule has 1 saturated heterocycles. The summed E-state index contributed by atoms with van der Waals surface area (Å²) in [5.41, 5.74) is 0.118. The molecule has 1 aliphatic heterocycles. The second-order valence-corrected chi connectivity index (χ2v) is 5.19. The summed E-state index contributed by atoms with van der Waals surface area (Å²) in [6, 6.07) is 2.29. The Kier molecular flexibility index (Phi) is 6.74. The van der Waals surface area contributed by atoms with Gasteiger partial charge in [-0.1, -0.05) is 17.7 Å². The van der Waals surface area contributed by atoms with Gasteiger partial charge in [0.05, 0.1) is 5.02 Å². The van der Waals surface area contributed by atoms with Crippen molar-refractivity contribution in [2.75, 3.05) is 32.8 Å². The minimum absolute atomic E-state index is 0. The number of nitrogens with zero attached hydrogens (tertiary/aromatic N) is 1. The first-order valence-corrected chi connectivity index (χ1v) is 6.72. The van der Waals surface area contributed by atoms with Crippen molar-refractivity contribution in [2.45, 2.75) is 12.0 Å². The molecule has 8 heteroatoms. The van der Waals surface area contributed by atoms with Crippen LogP contribution in [-0.4, -0.2) is 48.7 Å². The fraction of sp³-hybridized carbons (Fsp3) is 0.538. The lowest BCUT2D eigenvalue weighted by molar-refractivity contribution is -0.118. The molecular weight excluding hydrogens is 328 g/mol. The standard InChI is InChI=1S/C13H16ClF3N2O.ClH/c14-10-2-1-9(7-11(10)15)12(13(16,17)8-20)19-5-3-18-4-6-19;/h1-2,7,12,18,20H,3-6,8H2;1H/t12-;/m0./s1. The molecule has 0 saturated carbocycles. The molecule has 21 heavy (non-hydrogen) atoms. The topological polar surface area (TPSA) is 35.5 Å². The zero-order valence-corrected chi connectivity index (χ0v) is 12.7. The van der Waals surface area contributed by atoms with E-state index in [1.54, 1.807) is 4.90 Å². The second kappa shape index (κ2) is 7.65. The Morgan fingerprint density at radius 1 is 1.33 bits per heavy atom. The summed E-state index contributed by atoms with van der Waals surface area (Å²) in [5, 5.41) is 11.9. The number of aliphatic hydroxyl groups is 1. The fourth-order valence-electron chi connectivity index (χ4n) is 2.43. The molecule has 120 valence electrons. The summed E-state index contributed by atoms with van der Waals surface area (Å²) < 4.78 is 41.6. The summed E-state index contributed by atoms with van der Waals surface area (Å²) in [5.74, 6) is -4.09. The van der Waals surface area contributed by atoms with Gasteiger partial charge in [-0.3, -0.25) is 4.90 Å². The number of benzene rings is 1. The molecule has 1 aromatic carbocycles. The largest absolute Gasteiger partial charge is 0.390 e. The third-order valence-corrected chi connectivity index (χ3v) is 3.69. The van der Waals surface area contributed by atoms with E-state index in [2.05, 4.69) is 5.32 Å². The molecule has 1 fully saturated rings. The molecule has 0 bridgehead atoms. The van der Waals surface area contributed by atoms with Crippen LogP contribution in [0.5, 0.6) is 0 Å². The van der Waals surface area contributed by atoms with Gasteiger partial charge in [-0.25, -0.2) is 13.2 Å². The predicted octanol–water partition coefficient (Wildman–Crippen LogP) is 2.47. The number of hydrogen-bond acceptors (Lipinski definition) is 3. The Balaban J connectivity index is 0.00000220. The summed E-state index contributed by atoms with van der Waals surface area (Å²) in [6.07, 6.45) is 0. The van der Waals surface area contributed by atoms with Crippen molar-refractivity contribution in [3.8, 4) is 0 Å². The molecule has 0 radical (unpaired) electrons. The Labute approximate surface area is 132 Å². The molecule has 0 amide bonds. The van der Waals surface area contributed by atoms with Gasteiger partial charge in [0, 0.05) is 26.2 Å². The van der Waals surface area contributed by atoms with Gasteiger partial charge >= 0.3 is 0 Å². The monoisotopic (exact) mass is 344 g/mol. The van der Waals surface area contributed by atoms with E-state index < -0.39 is 24.4 Å². The van der Waals surface area contributed by atoms with Crippen LogP contribution in [0.2, 0.25) is 5.02 Å². The summed E-state index contributed by atoms with van der Waals surface area (Å²) in [7, 11) is 0. The molecule has 0 spiro atoms. The van der Waals surface area contributed by atoms with Crippen molar-refractivity contribution in [1.82, 2.24) is 10.2 Å². The third-order valence-electron chi connectivity index (χ3n) is 3.39. The average Bonchev–Trinajstić information content (AvgIpc) is 2.44. The van der Waals surface area contributed by atoms with Gasteiger partial charge in [-0.15, -0.1) is 12.4 Å². The zero-order chi connectivity index (χ0) is 14.8. The first kappa shape index (κ1) is 18.5. The number of hydrogen-bond donors (Lipinski definition) is 2. The van der Waals surface area contributed by atoms with Gasteiger partial charge in [-0.05, 0) is 17.7 Å². The molecule has 0 aromatic heterocycles. The number of halogens is 5. The van der Waals surface area contributed by atoms with Crippen molar-refractivity contribution < 1.29 is 18.3 Å². The maximum Gasteiger partial charge on any atom is 0.289 e. The van der Waals surface area contributed by atoms with Crippen molar-refractivity contribution in [2.24, 2.45) is 0 Å². The lowest BCUT2D eigenvalue weighted by Crippen LogP contribution is -2.51. The zero-order valence-electron chi connectivity index (χ0n) is 11.2. The minimum Gasteiger partial charge on any atom is -0.390 e. The maximum absolute atomic E-state index is 14.1. The first-order valence-electron chi connectivity index (χ1n) is 6.34. The fourth-order valence-corrected chi connectivity index (χ4v) is 2.55. The van der Waals surface area contributed by atoms with E-state index >= 15 is 0 Å². The van der Waals surface area contributed by atoms with E-state index in [4.69, 9.17) is 16.7 Å². The van der Waals surface area contributed by atoms with Gasteiger partial charge in [-0.2, -0.15) is 0 Å². The highest BCUT2D eigenvalue weighted by Gasteiger charge is 2.44. The van der Waals surface area contributed by atoms with E-state index in [9.17, 15) is 13.2 Å². The lowest BCUT2D eigenvalue weighted by atomic mass is 9.98. The predicted molar refractivity (Wildman–Crippen MR) is 77.9 cm³/mol. The van der Waals surface area contributed by atoms with Gasteiger partial charge < -0.3 is 10.4 Å². The molecule has 3 nitrogen and oxygen atoms in total. The van der Waals surface area contributed by atoms with E-state index in [0.717, 1.165) is 6.07 Å². The Morgan fingerprint density at radius 2 is 1.95 bits per heavy atom. The van der Waals surface area contributed by atoms with Gasteiger partial charge in [0.25, 0.3) is 5.92 Å². The van der Waals surface area contributed by atoms with Crippen molar-refractivity contribution in [3.63, 3.8) is 0 Å². The van der Waals surface area contributed by atoms with Gasteiger partial charge in [0.15, 0.2) is 0 Å². The first-order chi connectivity index (χ1) is 9.45. The van der Waals surface area contributed by atoms with E-state index in [-0.39, 0.29) is 23.0 Å². The third kappa shape index (κ3) is 4.23. The van der Waals surface area contributed by atoms with Gasteiger partial charge in [0.2, 0.25) is 0 Å². The molecule has 0 unspecified atom stereocenters. The Hall–Kier alpha value is -0.530. The summed E-state index contributed by atoms with van der Waals surface area (Å²) >= 11 is 5.58. The van der Waals surface area contributed by atoms with Crippen LogP contribution in [0.25, 0.3) is 0 Å². The molecule has 1 aliphatic rings. The number of aliphatic hydroxyl groups excluding tert-OH is 1. The Bertz CT molecular complexity index is 471. The van der Waals surface area contributed by atoms with Crippen LogP contribution < -0.4 is 5.32 Å². The van der Waals surface area contributed by atoms with Crippen LogP contribution in [0, 0.1) is 5.82 Å². The molecule has 2 rings (SSSR count).